The summed E-state index contributed by atoms with van der Waals surface area (Å²) < 4.78 is 0. The van der Waals surface area contributed by atoms with Crippen LogP contribution in [0.2, 0.25) is 0 Å². The number of carbonyl (C=O) groups is 1. The molecule has 0 radical (unpaired) electrons. The smallest absolute Gasteiger partial charge is 0.305 e. The molecule has 2 rings (SSSR count). The molecule has 104 valence electrons. The van der Waals surface area contributed by atoms with Crippen molar-refractivity contribution in [2.75, 3.05) is 23.3 Å². The second kappa shape index (κ2) is 6.36. The molecule has 0 bridgehead atoms. The normalized spacial score (nSPS) is 17.0. The highest BCUT2D eigenvalue weighted by Crippen LogP contribution is 2.19. The molecule has 1 aliphatic heterocycles. The van der Waals surface area contributed by atoms with E-state index in [9.17, 15) is 4.79 Å². The summed E-state index contributed by atoms with van der Waals surface area (Å²) in [6, 6.07) is 1.74. The van der Waals surface area contributed by atoms with E-state index < -0.39 is 5.97 Å². The number of anilines is 2. The number of piperidine rings is 1. The number of rotatable bonds is 5. The number of aromatic nitrogens is 2. The van der Waals surface area contributed by atoms with Crippen LogP contribution in [0.5, 0.6) is 0 Å². The van der Waals surface area contributed by atoms with E-state index in [-0.39, 0.29) is 12.5 Å². The number of carboxylic acid groups (broad SMARTS) is 1. The van der Waals surface area contributed by atoms with Crippen molar-refractivity contribution in [1.29, 1.82) is 0 Å². The Hall–Kier alpha value is -1.85. The van der Waals surface area contributed by atoms with Gasteiger partial charge in [0, 0.05) is 25.2 Å². The van der Waals surface area contributed by atoms with E-state index in [1.165, 1.54) is 25.6 Å². The number of carboxylic acids is 1. The first-order chi connectivity index (χ1) is 9.15. The van der Waals surface area contributed by atoms with Gasteiger partial charge in [-0.05, 0) is 26.2 Å². The summed E-state index contributed by atoms with van der Waals surface area (Å²) in [5.74, 6) is 0.786. The maximum atomic E-state index is 10.6. The van der Waals surface area contributed by atoms with E-state index in [2.05, 4.69) is 20.2 Å². The van der Waals surface area contributed by atoms with Crippen LogP contribution in [0.25, 0.3) is 0 Å². The molecule has 1 aliphatic rings. The molecule has 2 N–H and O–H groups in total. The Morgan fingerprint density at radius 2 is 2.16 bits per heavy atom. The Morgan fingerprint density at radius 3 is 2.84 bits per heavy atom. The molecule has 6 nitrogen and oxygen atoms in total. The van der Waals surface area contributed by atoms with Gasteiger partial charge in [0.05, 0.1) is 6.42 Å². The molecule has 1 fully saturated rings. The lowest BCUT2D eigenvalue weighted by Gasteiger charge is -2.27. The molecular formula is C13H20N4O2. The van der Waals surface area contributed by atoms with Crippen LogP contribution in [0, 0.1) is 0 Å². The molecule has 0 saturated carbocycles. The SMILES string of the molecule is CC(CC(=O)O)Nc1cc(N2CCCCC2)ncn1. The molecule has 19 heavy (non-hydrogen) atoms. The zero-order valence-electron chi connectivity index (χ0n) is 11.2. The number of hydrogen-bond donors (Lipinski definition) is 2. The Kier molecular flexibility index (Phi) is 4.54. The maximum absolute atomic E-state index is 10.6. The molecule has 1 atom stereocenters. The number of hydrogen-bond acceptors (Lipinski definition) is 5. The topological polar surface area (TPSA) is 78.4 Å². The predicted octanol–water partition coefficient (Wildman–Crippen LogP) is 1.74. The zero-order valence-corrected chi connectivity index (χ0v) is 11.2. The van der Waals surface area contributed by atoms with Crippen LogP contribution >= 0.6 is 0 Å². The van der Waals surface area contributed by atoms with Gasteiger partial charge >= 0.3 is 5.97 Å². The van der Waals surface area contributed by atoms with Gasteiger partial charge in [0.1, 0.15) is 18.0 Å². The highest BCUT2D eigenvalue weighted by Gasteiger charge is 2.13. The largest absolute Gasteiger partial charge is 0.481 e. The minimum Gasteiger partial charge on any atom is -0.481 e. The Balaban J connectivity index is 2.00. The average Bonchev–Trinajstić information content (AvgIpc) is 2.39. The van der Waals surface area contributed by atoms with Crippen LogP contribution in [-0.4, -0.2) is 40.2 Å². The van der Waals surface area contributed by atoms with Crippen LogP contribution in [-0.2, 0) is 4.79 Å². The van der Waals surface area contributed by atoms with Crippen LogP contribution < -0.4 is 10.2 Å². The first-order valence-electron chi connectivity index (χ1n) is 6.70. The summed E-state index contributed by atoms with van der Waals surface area (Å²) in [5, 5.41) is 11.8. The van der Waals surface area contributed by atoms with Gasteiger partial charge < -0.3 is 15.3 Å². The average molecular weight is 264 g/mol. The van der Waals surface area contributed by atoms with Crippen LogP contribution in [0.15, 0.2) is 12.4 Å². The minimum absolute atomic E-state index is 0.0725. The summed E-state index contributed by atoms with van der Waals surface area (Å²) in [6.07, 6.45) is 5.27. The fourth-order valence-corrected chi connectivity index (χ4v) is 2.29. The van der Waals surface area contributed by atoms with Crippen molar-refractivity contribution in [2.45, 2.75) is 38.6 Å². The van der Waals surface area contributed by atoms with Crippen molar-refractivity contribution < 1.29 is 9.90 Å². The quantitative estimate of drug-likeness (QED) is 0.843. The van der Waals surface area contributed by atoms with E-state index in [4.69, 9.17) is 5.11 Å². The van der Waals surface area contributed by atoms with Crippen molar-refractivity contribution in [3.05, 3.63) is 12.4 Å². The lowest BCUT2D eigenvalue weighted by Crippen LogP contribution is -2.30. The Labute approximate surface area is 112 Å². The third kappa shape index (κ3) is 4.08. The summed E-state index contributed by atoms with van der Waals surface area (Å²) in [7, 11) is 0. The highest BCUT2D eigenvalue weighted by atomic mass is 16.4. The number of nitrogens with one attached hydrogen (secondary N) is 1. The predicted molar refractivity (Wildman–Crippen MR) is 73.4 cm³/mol. The molecule has 1 unspecified atom stereocenters. The zero-order chi connectivity index (χ0) is 13.7. The van der Waals surface area contributed by atoms with E-state index in [1.807, 2.05) is 13.0 Å². The first kappa shape index (κ1) is 13.6. The van der Waals surface area contributed by atoms with Gasteiger partial charge in [0.2, 0.25) is 0 Å². The summed E-state index contributed by atoms with van der Waals surface area (Å²) in [6.45, 7) is 3.89. The van der Waals surface area contributed by atoms with Gasteiger partial charge in [-0.3, -0.25) is 4.79 Å². The Morgan fingerprint density at radius 1 is 1.42 bits per heavy atom. The fourth-order valence-electron chi connectivity index (χ4n) is 2.29. The van der Waals surface area contributed by atoms with Gasteiger partial charge in [-0.1, -0.05) is 0 Å². The first-order valence-corrected chi connectivity index (χ1v) is 6.70. The lowest BCUT2D eigenvalue weighted by molar-refractivity contribution is -0.137. The monoisotopic (exact) mass is 264 g/mol. The number of nitrogens with zero attached hydrogens (tertiary/aromatic N) is 3. The summed E-state index contributed by atoms with van der Waals surface area (Å²) >= 11 is 0. The molecule has 0 amide bonds. The molecule has 2 heterocycles. The molecule has 1 saturated heterocycles. The van der Waals surface area contributed by atoms with Gasteiger partial charge in [0.25, 0.3) is 0 Å². The van der Waals surface area contributed by atoms with Crippen molar-refractivity contribution in [3.8, 4) is 0 Å². The second-order valence-corrected chi connectivity index (χ2v) is 4.95. The van der Waals surface area contributed by atoms with Crippen molar-refractivity contribution in [3.63, 3.8) is 0 Å². The van der Waals surface area contributed by atoms with Crippen LogP contribution in [0.4, 0.5) is 11.6 Å². The van der Waals surface area contributed by atoms with Crippen molar-refractivity contribution in [2.24, 2.45) is 0 Å². The maximum Gasteiger partial charge on any atom is 0.305 e. The second-order valence-electron chi connectivity index (χ2n) is 4.95. The van der Waals surface area contributed by atoms with Crippen LogP contribution in [0.3, 0.4) is 0 Å². The Bertz CT molecular complexity index is 432. The summed E-state index contributed by atoms with van der Waals surface area (Å²) in [5.41, 5.74) is 0. The van der Waals surface area contributed by atoms with Gasteiger partial charge in [0.15, 0.2) is 0 Å². The highest BCUT2D eigenvalue weighted by molar-refractivity contribution is 5.68. The number of aliphatic carboxylic acids is 1. The summed E-state index contributed by atoms with van der Waals surface area (Å²) in [4.78, 5) is 21.3. The molecule has 0 aliphatic carbocycles. The molecule has 1 aromatic heterocycles. The third-order valence-electron chi connectivity index (χ3n) is 3.21. The van der Waals surface area contributed by atoms with E-state index in [0.717, 1.165) is 18.9 Å². The molecular weight excluding hydrogens is 244 g/mol. The lowest BCUT2D eigenvalue weighted by atomic mass is 10.1. The van der Waals surface area contributed by atoms with Crippen LogP contribution in [0.1, 0.15) is 32.6 Å². The van der Waals surface area contributed by atoms with E-state index in [0.29, 0.717) is 5.82 Å². The fraction of sp³-hybridized carbons (Fsp3) is 0.615. The van der Waals surface area contributed by atoms with Gasteiger partial charge in [-0.15, -0.1) is 0 Å². The molecule has 6 heteroatoms. The minimum atomic E-state index is -0.815. The third-order valence-corrected chi connectivity index (χ3v) is 3.21. The molecule has 0 aromatic carbocycles. The van der Waals surface area contributed by atoms with E-state index in [1.54, 1.807) is 0 Å². The molecule has 0 spiro atoms. The van der Waals surface area contributed by atoms with Gasteiger partial charge in [-0.25, -0.2) is 9.97 Å². The van der Waals surface area contributed by atoms with E-state index >= 15 is 0 Å². The van der Waals surface area contributed by atoms with Gasteiger partial charge in [-0.2, -0.15) is 0 Å². The van der Waals surface area contributed by atoms with Crippen molar-refractivity contribution >= 4 is 17.6 Å². The van der Waals surface area contributed by atoms with Crippen molar-refractivity contribution in [1.82, 2.24) is 9.97 Å². The molecule has 1 aromatic rings. The standard InChI is InChI=1S/C13H20N4O2/c1-10(7-13(18)19)16-11-8-12(15-9-14-11)17-5-3-2-4-6-17/h8-10H,2-7H2,1H3,(H,18,19)(H,14,15,16).